The summed E-state index contributed by atoms with van der Waals surface area (Å²) in [6.45, 7) is 7.76. The van der Waals surface area contributed by atoms with Gasteiger partial charge in [0.05, 0.1) is 4.90 Å². The Kier molecular flexibility index (Phi) is 4.26. The van der Waals surface area contributed by atoms with E-state index in [1.807, 2.05) is 0 Å². The molecule has 4 nitrogen and oxygen atoms in total. The lowest BCUT2D eigenvalue weighted by Gasteiger charge is -2.12. The minimum absolute atomic E-state index is 0.0906. The average molecular weight is 310 g/mol. The zero-order valence-corrected chi connectivity index (χ0v) is 13.7. The molecule has 1 aliphatic rings. The molecule has 116 valence electrons. The topological polar surface area (TPSA) is 71.4 Å². The van der Waals surface area contributed by atoms with E-state index in [4.69, 9.17) is 0 Å². The van der Waals surface area contributed by atoms with Gasteiger partial charge in [-0.2, -0.15) is 8.42 Å². The van der Waals surface area contributed by atoms with Crippen molar-refractivity contribution in [3.8, 4) is 0 Å². The maximum atomic E-state index is 12.2. The minimum atomic E-state index is -4.31. The largest absolute Gasteiger partial charge is 0.294 e. The molecule has 0 amide bonds. The predicted octanol–water partition coefficient (Wildman–Crippen LogP) is 3.14. The van der Waals surface area contributed by atoms with E-state index in [0.29, 0.717) is 29.4 Å². The molecule has 21 heavy (non-hydrogen) atoms. The van der Waals surface area contributed by atoms with Crippen LogP contribution in [0.5, 0.6) is 0 Å². The smallest absolute Gasteiger partial charge is 0.294 e. The minimum Gasteiger partial charge on any atom is -0.294 e. The van der Waals surface area contributed by atoms with E-state index in [1.165, 1.54) is 6.07 Å². The highest BCUT2D eigenvalue weighted by molar-refractivity contribution is 7.85. The van der Waals surface area contributed by atoms with E-state index in [0.717, 1.165) is 12.0 Å². The van der Waals surface area contributed by atoms with E-state index in [9.17, 15) is 17.8 Å². The van der Waals surface area contributed by atoms with Crippen LogP contribution in [0.2, 0.25) is 0 Å². The zero-order valence-electron chi connectivity index (χ0n) is 12.9. The monoisotopic (exact) mass is 310 g/mol. The molecule has 0 radical (unpaired) electrons. The van der Waals surface area contributed by atoms with Crippen molar-refractivity contribution in [2.45, 2.75) is 45.4 Å². The van der Waals surface area contributed by atoms with Gasteiger partial charge in [0.1, 0.15) is 0 Å². The molecule has 0 fully saturated rings. The second-order valence-electron chi connectivity index (χ2n) is 6.52. The van der Waals surface area contributed by atoms with Crippen molar-refractivity contribution >= 4 is 15.9 Å². The number of hydrogen-bond donors (Lipinski definition) is 1. The molecule has 1 aliphatic carbocycles. The highest BCUT2D eigenvalue weighted by Gasteiger charge is 2.31. The molecule has 1 aromatic carbocycles. The van der Waals surface area contributed by atoms with Crippen LogP contribution in [0.1, 0.15) is 49.2 Å². The standard InChI is InChI=1S/C16H22O4S/c1-9(2)11-5-12-6-13(16(17)10(3)4)8-15(14(12)7-11)21(18,19)20/h6,8-11H,5,7H2,1-4H3,(H,18,19,20). The maximum absolute atomic E-state index is 12.2. The van der Waals surface area contributed by atoms with Crippen LogP contribution in [0.15, 0.2) is 17.0 Å². The number of fused-ring (bicyclic) bond motifs is 1. The molecule has 0 saturated heterocycles. The summed E-state index contributed by atoms with van der Waals surface area (Å²) < 4.78 is 32.8. The molecule has 0 heterocycles. The Morgan fingerprint density at radius 1 is 1.19 bits per heavy atom. The van der Waals surface area contributed by atoms with Crippen molar-refractivity contribution in [1.82, 2.24) is 0 Å². The number of carbonyl (C=O) groups excluding carboxylic acids is 1. The fourth-order valence-electron chi connectivity index (χ4n) is 2.91. The Balaban J connectivity index is 2.59. The number of ketones is 1. The van der Waals surface area contributed by atoms with Crippen LogP contribution in [0.4, 0.5) is 0 Å². The van der Waals surface area contributed by atoms with Gasteiger partial charge in [0, 0.05) is 11.5 Å². The summed E-state index contributed by atoms with van der Waals surface area (Å²) in [5.74, 6) is 0.469. The van der Waals surface area contributed by atoms with Gasteiger partial charge in [-0.05, 0) is 47.9 Å². The van der Waals surface area contributed by atoms with Crippen molar-refractivity contribution in [3.63, 3.8) is 0 Å². The number of carbonyl (C=O) groups is 1. The summed E-state index contributed by atoms with van der Waals surface area (Å²) >= 11 is 0. The molecule has 1 N–H and O–H groups in total. The first-order valence-electron chi connectivity index (χ1n) is 7.28. The Morgan fingerprint density at radius 2 is 1.81 bits per heavy atom. The molecule has 0 aromatic heterocycles. The third-order valence-electron chi connectivity index (χ3n) is 4.28. The van der Waals surface area contributed by atoms with Crippen LogP contribution in [0, 0.1) is 17.8 Å². The van der Waals surface area contributed by atoms with Crippen molar-refractivity contribution in [2.24, 2.45) is 17.8 Å². The Bertz CT molecular complexity index is 672. The molecule has 0 saturated carbocycles. The lowest BCUT2D eigenvalue weighted by Crippen LogP contribution is -2.11. The second kappa shape index (κ2) is 5.54. The number of benzene rings is 1. The third kappa shape index (κ3) is 3.19. The molecular weight excluding hydrogens is 288 g/mol. The lowest BCUT2D eigenvalue weighted by molar-refractivity contribution is 0.0939. The second-order valence-corrected chi connectivity index (χ2v) is 7.91. The van der Waals surface area contributed by atoms with E-state index in [1.54, 1.807) is 19.9 Å². The first kappa shape index (κ1) is 16.2. The van der Waals surface area contributed by atoms with Crippen LogP contribution in [0.25, 0.3) is 0 Å². The van der Waals surface area contributed by atoms with Crippen molar-refractivity contribution < 1.29 is 17.8 Å². The quantitative estimate of drug-likeness (QED) is 0.685. The molecule has 2 rings (SSSR count). The van der Waals surface area contributed by atoms with Crippen LogP contribution in [-0.4, -0.2) is 18.8 Å². The first-order chi connectivity index (χ1) is 9.61. The van der Waals surface area contributed by atoms with E-state index in [-0.39, 0.29) is 16.6 Å². The van der Waals surface area contributed by atoms with Gasteiger partial charge in [0.15, 0.2) is 5.78 Å². The normalized spacial score (nSPS) is 18.3. The summed E-state index contributed by atoms with van der Waals surface area (Å²) in [7, 11) is -4.31. The van der Waals surface area contributed by atoms with Crippen molar-refractivity contribution in [1.29, 1.82) is 0 Å². The Morgan fingerprint density at radius 3 is 2.29 bits per heavy atom. The van der Waals surface area contributed by atoms with Crippen LogP contribution < -0.4 is 0 Å². The van der Waals surface area contributed by atoms with Crippen LogP contribution in [-0.2, 0) is 23.0 Å². The highest BCUT2D eigenvalue weighted by atomic mass is 32.2. The maximum Gasteiger partial charge on any atom is 0.294 e. The number of Topliss-reactive ketones (excluding diaryl/α,β-unsaturated/α-hetero) is 1. The predicted molar refractivity (Wildman–Crippen MR) is 81.2 cm³/mol. The molecule has 0 bridgehead atoms. The fraction of sp³-hybridized carbons (Fsp3) is 0.562. The van der Waals surface area contributed by atoms with E-state index >= 15 is 0 Å². The molecule has 1 unspecified atom stereocenters. The van der Waals surface area contributed by atoms with Crippen molar-refractivity contribution in [2.75, 3.05) is 0 Å². The molecular formula is C16H22O4S. The molecule has 1 aromatic rings. The van der Waals surface area contributed by atoms with E-state index < -0.39 is 10.1 Å². The van der Waals surface area contributed by atoms with Gasteiger partial charge >= 0.3 is 0 Å². The van der Waals surface area contributed by atoms with Gasteiger partial charge in [0.25, 0.3) is 10.1 Å². The van der Waals surface area contributed by atoms with Gasteiger partial charge in [-0.15, -0.1) is 0 Å². The zero-order chi connectivity index (χ0) is 15.9. The van der Waals surface area contributed by atoms with Crippen molar-refractivity contribution in [3.05, 3.63) is 28.8 Å². The number of rotatable bonds is 4. The molecule has 0 spiro atoms. The summed E-state index contributed by atoms with van der Waals surface area (Å²) in [5, 5.41) is 0. The average Bonchev–Trinajstić information content (AvgIpc) is 2.78. The third-order valence-corrected chi connectivity index (χ3v) is 5.20. The van der Waals surface area contributed by atoms with E-state index in [2.05, 4.69) is 13.8 Å². The van der Waals surface area contributed by atoms with Gasteiger partial charge in [-0.1, -0.05) is 27.7 Å². The van der Waals surface area contributed by atoms with Crippen LogP contribution in [0.3, 0.4) is 0 Å². The summed E-state index contributed by atoms with van der Waals surface area (Å²) in [4.78, 5) is 12.1. The molecule has 1 atom stereocenters. The van der Waals surface area contributed by atoms with Gasteiger partial charge in [-0.3, -0.25) is 9.35 Å². The summed E-state index contributed by atoms with van der Waals surface area (Å²) in [6.07, 6.45) is 1.40. The van der Waals surface area contributed by atoms with Gasteiger partial charge in [0.2, 0.25) is 0 Å². The summed E-state index contributed by atoms with van der Waals surface area (Å²) in [5.41, 5.74) is 1.94. The number of hydrogen-bond acceptors (Lipinski definition) is 3. The highest BCUT2D eigenvalue weighted by Crippen LogP contribution is 2.36. The first-order valence-corrected chi connectivity index (χ1v) is 8.72. The van der Waals surface area contributed by atoms with Gasteiger partial charge in [-0.25, -0.2) is 0 Å². The molecule has 0 aliphatic heterocycles. The summed E-state index contributed by atoms with van der Waals surface area (Å²) in [6, 6.07) is 3.13. The van der Waals surface area contributed by atoms with Crippen LogP contribution >= 0.6 is 0 Å². The lowest BCUT2D eigenvalue weighted by atomic mass is 9.93. The molecule has 5 heteroatoms. The fourth-order valence-corrected chi connectivity index (χ4v) is 3.71. The SMILES string of the molecule is CC(C)C(=O)c1cc2c(c(S(=O)(=O)O)c1)CC(C(C)C)C2. The Labute approximate surface area is 126 Å². The Hall–Kier alpha value is -1.20. The van der Waals surface area contributed by atoms with Gasteiger partial charge < -0.3 is 0 Å².